The average molecular weight is 539 g/mol. The Morgan fingerprint density at radius 1 is 1.08 bits per heavy atom. The van der Waals surface area contributed by atoms with E-state index in [1.54, 1.807) is 26.4 Å². The molecule has 0 spiro atoms. The molecule has 0 radical (unpaired) electrons. The predicted molar refractivity (Wildman–Crippen MR) is 141 cm³/mol. The molecule has 0 amide bonds. The maximum absolute atomic E-state index is 12.2. The molecule has 3 unspecified atom stereocenters. The molecule has 0 aromatic heterocycles. The van der Waals surface area contributed by atoms with E-state index in [2.05, 4.69) is 16.8 Å². The van der Waals surface area contributed by atoms with Gasteiger partial charge in [0.2, 0.25) is 12.9 Å². The molecule has 2 aliphatic heterocycles. The summed E-state index contributed by atoms with van der Waals surface area (Å²) in [6.07, 6.45) is 1.47. The van der Waals surface area contributed by atoms with Crippen LogP contribution in [0.3, 0.4) is 0 Å². The highest BCUT2D eigenvalue weighted by molar-refractivity contribution is 6.09. The maximum Gasteiger partial charge on any atom is 0.231 e. The lowest BCUT2D eigenvalue weighted by molar-refractivity contribution is -0.0653. The van der Waals surface area contributed by atoms with Gasteiger partial charge in [-0.2, -0.15) is 0 Å². The fraction of sp³-hybridized carbons (Fsp3) is 0.345. The molecule has 3 aromatic rings. The van der Waals surface area contributed by atoms with Gasteiger partial charge in [-0.05, 0) is 47.6 Å². The van der Waals surface area contributed by atoms with Crippen LogP contribution >= 0.6 is 0 Å². The van der Waals surface area contributed by atoms with Crippen LogP contribution in [-0.4, -0.2) is 72.6 Å². The van der Waals surface area contributed by atoms with E-state index in [9.17, 15) is 9.90 Å². The molecule has 0 saturated carbocycles. The van der Waals surface area contributed by atoms with Crippen molar-refractivity contribution in [1.82, 2.24) is 0 Å². The highest BCUT2D eigenvalue weighted by Gasteiger charge is 2.29. The number of methoxy groups -OCH3 is 2. The van der Waals surface area contributed by atoms with Gasteiger partial charge in [-0.1, -0.05) is 19.4 Å². The van der Waals surface area contributed by atoms with Crippen LogP contribution in [0.15, 0.2) is 30.3 Å². The molecule has 3 aromatic carbocycles. The number of hydrogen-bond acceptors (Lipinski definition) is 10. The quantitative estimate of drug-likeness (QED) is 0.237. The average Bonchev–Trinajstić information content (AvgIpc) is 3.40. The van der Waals surface area contributed by atoms with Gasteiger partial charge in [0.05, 0.1) is 20.8 Å². The molecule has 0 fully saturated rings. The summed E-state index contributed by atoms with van der Waals surface area (Å²) in [6, 6.07) is 9.10. The third-order valence-electron chi connectivity index (χ3n) is 6.49. The van der Waals surface area contributed by atoms with Gasteiger partial charge in [0.1, 0.15) is 24.1 Å². The van der Waals surface area contributed by atoms with Gasteiger partial charge in [-0.15, -0.1) is 0 Å². The van der Waals surface area contributed by atoms with Crippen LogP contribution in [0, 0.1) is 12.0 Å². The number of aliphatic hydroxyl groups excluding tert-OH is 3. The number of carbonyl (C=O) groups excluding carboxylic acids is 1. The van der Waals surface area contributed by atoms with Crippen LogP contribution in [0.25, 0.3) is 21.9 Å². The second-order valence-corrected chi connectivity index (χ2v) is 8.83. The standard InChI is InChI=1S/C23H22O6.C6H8O4/c1-4-5-14-17(11-24)22(13-6-7-18-21(8-13)29-12-28-18)15-9-19(26-2)20(27-3)10-16(15)23(14)25;7-3-4(8)6(9)5-1-2-10-5/h6-11,25H,4-5,12H2,1-3H3;4-9H,3H2. The van der Waals surface area contributed by atoms with Crippen LogP contribution in [0.1, 0.15) is 29.3 Å². The second kappa shape index (κ2) is 12.1. The summed E-state index contributed by atoms with van der Waals surface area (Å²) in [6.45, 7) is 1.69. The van der Waals surface area contributed by atoms with Crippen molar-refractivity contribution in [2.24, 2.45) is 0 Å². The van der Waals surface area contributed by atoms with E-state index in [-0.39, 0.29) is 12.5 Å². The van der Waals surface area contributed by atoms with Gasteiger partial charge >= 0.3 is 0 Å². The number of phenolic OH excluding ortho intramolecular Hbond substituents is 1. The zero-order valence-corrected chi connectivity index (χ0v) is 21.8. The predicted octanol–water partition coefficient (Wildman–Crippen LogP) is 2.78. The van der Waals surface area contributed by atoms with Crippen molar-refractivity contribution in [2.75, 3.05) is 27.6 Å². The zero-order valence-electron chi connectivity index (χ0n) is 21.8. The summed E-state index contributed by atoms with van der Waals surface area (Å²) in [5, 5.41) is 38.5. The minimum absolute atomic E-state index is 0.0920. The monoisotopic (exact) mass is 538 g/mol. The number of aromatic hydroxyl groups is 1. The Balaban J connectivity index is 0.000000298. The normalized spacial score (nSPS) is 16.0. The summed E-state index contributed by atoms with van der Waals surface area (Å²) in [4.78, 5) is 12.2. The molecule has 39 heavy (non-hydrogen) atoms. The number of aliphatic hydroxyl groups is 3. The van der Waals surface area contributed by atoms with Crippen molar-refractivity contribution in [1.29, 1.82) is 0 Å². The van der Waals surface area contributed by atoms with Crippen molar-refractivity contribution < 1.29 is 48.9 Å². The molecule has 0 bridgehead atoms. The zero-order chi connectivity index (χ0) is 28.1. The topological polar surface area (TPSA) is 144 Å². The first-order valence-corrected chi connectivity index (χ1v) is 12.3. The lowest BCUT2D eigenvalue weighted by Gasteiger charge is -2.22. The summed E-state index contributed by atoms with van der Waals surface area (Å²) in [5.41, 5.74) is 2.60. The molecular weight excluding hydrogens is 508 g/mol. The Labute approximate surface area is 225 Å². The molecule has 206 valence electrons. The number of benzene rings is 3. The van der Waals surface area contributed by atoms with Gasteiger partial charge in [0.25, 0.3) is 0 Å². The Morgan fingerprint density at radius 2 is 1.74 bits per heavy atom. The summed E-state index contributed by atoms with van der Waals surface area (Å²) < 4.78 is 26.4. The first kappa shape index (κ1) is 27.9. The van der Waals surface area contributed by atoms with E-state index in [0.29, 0.717) is 51.3 Å². The van der Waals surface area contributed by atoms with Crippen molar-refractivity contribution in [2.45, 2.75) is 38.1 Å². The SMILES string of the molecule is CCCc1c(C=O)c(-c2ccc3c(c2)OCO3)c2cc(OC)c(OC)cc2c1O.OCC(O)C(O)C1C#CO1. The van der Waals surface area contributed by atoms with E-state index in [1.807, 2.05) is 25.1 Å². The molecule has 0 aliphatic carbocycles. The molecule has 10 heteroatoms. The molecule has 4 N–H and O–H groups in total. The third-order valence-corrected chi connectivity index (χ3v) is 6.49. The van der Waals surface area contributed by atoms with E-state index < -0.39 is 24.9 Å². The highest BCUT2D eigenvalue weighted by Crippen LogP contribution is 2.46. The minimum atomic E-state index is -1.17. The number of rotatable bonds is 9. The van der Waals surface area contributed by atoms with Crippen LogP contribution in [0.4, 0.5) is 0 Å². The number of hydrogen-bond donors (Lipinski definition) is 4. The van der Waals surface area contributed by atoms with Crippen LogP contribution in [0.2, 0.25) is 0 Å². The molecule has 5 rings (SSSR count). The fourth-order valence-electron chi connectivity index (χ4n) is 4.46. The lowest BCUT2D eigenvalue weighted by Crippen LogP contribution is -2.41. The molecule has 2 heterocycles. The Kier molecular flexibility index (Phi) is 8.66. The molecule has 0 saturated heterocycles. The first-order valence-electron chi connectivity index (χ1n) is 12.3. The number of phenols is 1. The summed E-state index contributed by atoms with van der Waals surface area (Å²) >= 11 is 0. The smallest absolute Gasteiger partial charge is 0.231 e. The Morgan fingerprint density at radius 3 is 2.31 bits per heavy atom. The molecule has 10 nitrogen and oxygen atoms in total. The Hall–Kier alpha value is -4.17. The van der Waals surface area contributed by atoms with E-state index in [4.69, 9.17) is 34.3 Å². The van der Waals surface area contributed by atoms with Gasteiger partial charge in [0.15, 0.2) is 29.3 Å². The maximum atomic E-state index is 12.2. The van der Waals surface area contributed by atoms with E-state index in [0.717, 1.165) is 23.8 Å². The van der Waals surface area contributed by atoms with Crippen molar-refractivity contribution in [3.05, 3.63) is 41.5 Å². The summed E-state index contributed by atoms with van der Waals surface area (Å²) in [7, 11) is 3.10. The van der Waals surface area contributed by atoms with Gasteiger partial charge in [0, 0.05) is 22.1 Å². The van der Waals surface area contributed by atoms with Gasteiger partial charge < -0.3 is 44.1 Å². The van der Waals surface area contributed by atoms with Crippen molar-refractivity contribution >= 4 is 17.1 Å². The van der Waals surface area contributed by atoms with Crippen molar-refractivity contribution in [3.8, 4) is 51.9 Å². The number of carbonyl (C=O) groups is 1. The van der Waals surface area contributed by atoms with Crippen LogP contribution in [-0.2, 0) is 11.2 Å². The van der Waals surface area contributed by atoms with E-state index in [1.165, 1.54) is 0 Å². The highest BCUT2D eigenvalue weighted by atomic mass is 16.7. The lowest BCUT2D eigenvalue weighted by atomic mass is 9.87. The Bertz CT molecular complexity index is 1420. The molecule has 3 atom stereocenters. The van der Waals surface area contributed by atoms with E-state index >= 15 is 0 Å². The van der Waals surface area contributed by atoms with Gasteiger partial charge in [-0.25, -0.2) is 0 Å². The largest absolute Gasteiger partial charge is 0.507 e. The van der Waals surface area contributed by atoms with Crippen LogP contribution < -0.4 is 18.9 Å². The number of ether oxygens (including phenoxy) is 5. The number of fused-ring (bicyclic) bond motifs is 2. The minimum Gasteiger partial charge on any atom is -0.507 e. The summed E-state index contributed by atoms with van der Waals surface area (Å²) in [5.74, 6) is 4.87. The third kappa shape index (κ3) is 5.38. The molecule has 2 aliphatic rings. The fourth-order valence-corrected chi connectivity index (χ4v) is 4.46. The van der Waals surface area contributed by atoms with Crippen molar-refractivity contribution in [3.63, 3.8) is 0 Å². The number of aldehydes is 1. The van der Waals surface area contributed by atoms with Crippen LogP contribution in [0.5, 0.6) is 28.7 Å². The first-order chi connectivity index (χ1) is 18.9. The molecular formula is C29H30O10. The second-order valence-electron chi connectivity index (χ2n) is 8.83. The van der Waals surface area contributed by atoms with Gasteiger partial charge in [-0.3, -0.25) is 4.79 Å².